The number of aromatic hydroxyl groups is 1. The normalized spacial score (nSPS) is 11.7. The van der Waals surface area contributed by atoms with Crippen LogP contribution in [0.4, 0.5) is 26.3 Å². The van der Waals surface area contributed by atoms with Crippen LogP contribution in [0, 0.1) is 17.5 Å². The number of rotatable bonds is 4. The average Bonchev–Trinajstić information content (AvgIpc) is 2.71. The molecule has 33 heavy (non-hydrogen) atoms. The Bertz CT molecular complexity index is 1410. The smallest absolute Gasteiger partial charge is 0.425 e. The highest BCUT2D eigenvalue weighted by Crippen LogP contribution is 2.42. The summed E-state index contributed by atoms with van der Waals surface area (Å²) in [7, 11) is 0. The molecule has 1 N–H and O–H groups in total. The monoisotopic (exact) mass is 467 g/mol. The van der Waals surface area contributed by atoms with Crippen molar-refractivity contribution < 1.29 is 36.2 Å². The third-order valence-electron chi connectivity index (χ3n) is 4.65. The lowest BCUT2D eigenvalue weighted by molar-refractivity contribution is -0.140. The van der Waals surface area contributed by atoms with Crippen LogP contribution < -0.4 is 10.3 Å². The fourth-order valence-corrected chi connectivity index (χ4v) is 3.16. The third-order valence-corrected chi connectivity index (χ3v) is 4.65. The molecule has 0 saturated heterocycles. The van der Waals surface area contributed by atoms with Crippen molar-refractivity contribution in [3.8, 4) is 17.4 Å². The van der Waals surface area contributed by atoms with E-state index in [9.17, 15) is 36.2 Å². The summed E-state index contributed by atoms with van der Waals surface area (Å²) in [6, 6.07) is 5.29. The molecule has 0 aliphatic carbocycles. The molecule has 6 nitrogen and oxygen atoms in total. The van der Waals surface area contributed by atoms with E-state index < -0.39 is 58.5 Å². The number of alkyl halides is 3. The van der Waals surface area contributed by atoms with Crippen molar-refractivity contribution in [3.05, 3.63) is 87.9 Å². The Balaban J connectivity index is 1.76. The highest BCUT2D eigenvalue weighted by molar-refractivity contribution is 5.79. The maximum Gasteiger partial charge on any atom is 0.425 e. The molecule has 170 valence electrons. The number of fused-ring (bicyclic) bond motifs is 1. The number of ether oxygens (including phenoxy) is 1. The highest BCUT2D eigenvalue weighted by atomic mass is 19.4. The summed E-state index contributed by atoms with van der Waals surface area (Å²) < 4.78 is 87.3. The van der Waals surface area contributed by atoms with Crippen molar-refractivity contribution in [2.45, 2.75) is 12.7 Å². The van der Waals surface area contributed by atoms with Crippen molar-refractivity contribution in [2.24, 2.45) is 0 Å². The standard InChI is InChI=1S/C21H11F6N3O3/c22-10-5-14(23)13(15(24)6-10)8-30-9-29-19(32)12-7-11(1-2-16(12)30)33-20-18(21(25,26)27)17(31)3-4-28-20/h1-7,9H,8H2,(H,28,31). The van der Waals surface area contributed by atoms with Gasteiger partial charge in [0.05, 0.1) is 23.8 Å². The first kappa shape index (κ1) is 22.1. The van der Waals surface area contributed by atoms with E-state index >= 15 is 0 Å². The maximum absolute atomic E-state index is 14.0. The van der Waals surface area contributed by atoms with Gasteiger partial charge >= 0.3 is 6.18 Å². The van der Waals surface area contributed by atoms with Crippen LogP contribution in [0.1, 0.15) is 11.1 Å². The minimum absolute atomic E-state index is 0.130. The molecule has 0 spiro atoms. The van der Waals surface area contributed by atoms with E-state index in [-0.39, 0.29) is 16.7 Å². The van der Waals surface area contributed by atoms with Crippen LogP contribution in [0.15, 0.2) is 53.7 Å². The molecule has 0 radical (unpaired) electrons. The van der Waals surface area contributed by atoms with Crippen molar-refractivity contribution >= 4 is 10.9 Å². The van der Waals surface area contributed by atoms with Gasteiger partial charge in [-0.15, -0.1) is 0 Å². The largest absolute Gasteiger partial charge is 0.507 e. The van der Waals surface area contributed by atoms with Crippen LogP contribution in [0.3, 0.4) is 0 Å². The summed E-state index contributed by atoms with van der Waals surface area (Å²) in [4.78, 5) is 19.3. The summed E-state index contributed by atoms with van der Waals surface area (Å²) in [5.74, 6) is -5.66. The van der Waals surface area contributed by atoms with Crippen LogP contribution in [0.25, 0.3) is 10.9 Å². The molecule has 0 bridgehead atoms. The lowest BCUT2D eigenvalue weighted by Crippen LogP contribution is -2.14. The summed E-state index contributed by atoms with van der Waals surface area (Å²) in [5.41, 5.74) is -2.64. The number of hydrogen-bond donors (Lipinski definition) is 1. The first-order valence-electron chi connectivity index (χ1n) is 9.10. The zero-order valence-corrected chi connectivity index (χ0v) is 16.2. The number of benzene rings is 2. The van der Waals surface area contributed by atoms with Gasteiger partial charge in [-0.3, -0.25) is 4.79 Å². The van der Waals surface area contributed by atoms with Crippen molar-refractivity contribution in [1.82, 2.24) is 14.5 Å². The molecule has 0 saturated carbocycles. The molecule has 4 rings (SSSR count). The minimum atomic E-state index is -4.97. The van der Waals surface area contributed by atoms with Gasteiger partial charge in [-0.2, -0.15) is 18.2 Å². The molecular formula is C21H11F6N3O3. The van der Waals surface area contributed by atoms with E-state index in [2.05, 4.69) is 9.97 Å². The van der Waals surface area contributed by atoms with Gasteiger partial charge in [0.2, 0.25) is 5.88 Å². The zero-order chi connectivity index (χ0) is 23.9. The quantitative estimate of drug-likeness (QED) is 0.438. The molecule has 2 aromatic heterocycles. The second-order valence-corrected chi connectivity index (χ2v) is 6.81. The molecule has 12 heteroatoms. The molecular weight excluding hydrogens is 456 g/mol. The summed E-state index contributed by atoms with van der Waals surface area (Å²) in [6.07, 6.45) is -3.05. The molecule has 4 aromatic rings. The van der Waals surface area contributed by atoms with E-state index in [1.54, 1.807) is 0 Å². The first-order valence-corrected chi connectivity index (χ1v) is 9.10. The Kier molecular flexibility index (Phi) is 5.44. The van der Waals surface area contributed by atoms with Crippen LogP contribution in [0.2, 0.25) is 0 Å². The summed E-state index contributed by atoms with van der Waals surface area (Å²) in [5, 5.41) is 9.44. The van der Waals surface area contributed by atoms with E-state index in [0.717, 1.165) is 24.7 Å². The average molecular weight is 467 g/mol. The Morgan fingerprint density at radius 2 is 1.70 bits per heavy atom. The van der Waals surface area contributed by atoms with Crippen LogP contribution in [-0.2, 0) is 12.7 Å². The lowest BCUT2D eigenvalue weighted by Gasteiger charge is -2.15. The molecule has 0 aliphatic heterocycles. The van der Waals surface area contributed by atoms with Crippen LogP contribution >= 0.6 is 0 Å². The SMILES string of the molecule is O=c1ncn(Cc2c(F)cc(F)cc2F)c2ccc(Oc3nccc(O)c3C(F)(F)F)cc12. The fourth-order valence-electron chi connectivity index (χ4n) is 3.16. The minimum Gasteiger partial charge on any atom is -0.507 e. The van der Waals surface area contributed by atoms with E-state index in [1.165, 1.54) is 16.7 Å². The van der Waals surface area contributed by atoms with E-state index in [1.807, 2.05) is 0 Å². The molecule has 2 aromatic carbocycles. The Labute approximate surface area is 180 Å². The van der Waals surface area contributed by atoms with Gasteiger partial charge in [-0.1, -0.05) is 0 Å². The van der Waals surface area contributed by atoms with Gasteiger partial charge in [0.1, 0.15) is 29.0 Å². The van der Waals surface area contributed by atoms with Gasteiger partial charge in [-0.25, -0.2) is 18.2 Å². The first-order chi connectivity index (χ1) is 15.5. The number of pyridine rings is 1. The van der Waals surface area contributed by atoms with Gasteiger partial charge in [0.15, 0.2) is 5.56 Å². The Morgan fingerprint density at radius 3 is 2.36 bits per heavy atom. The third kappa shape index (κ3) is 4.31. The number of nitrogens with zero attached hydrogens (tertiary/aromatic N) is 3. The number of halogens is 6. The molecule has 0 unspecified atom stereocenters. The van der Waals surface area contributed by atoms with Crippen molar-refractivity contribution in [2.75, 3.05) is 0 Å². The highest BCUT2D eigenvalue weighted by Gasteiger charge is 2.39. The van der Waals surface area contributed by atoms with Gasteiger partial charge in [0, 0.05) is 23.9 Å². The van der Waals surface area contributed by atoms with E-state index in [0.29, 0.717) is 12.1 Å². The number of hydrogen-bond acceptors (Lipinski definition) is 5. The van der Waals surface area contributed by atoms with Gasteiger partial charge in [0.25, 0.3) is 5.56 Å². The Morgan fingerprint density at radius 1 is 1.00 bits per heavy atom. The van der Waals surface area contributed by atoms with Crippen LogP contribution in [-0.4, -0.2) is 19.6 Å². The van der Waals surface area contributed by atoms with Crippen molar-refractivity contribution in [1.29, 1.82) is 0 Å². The Hall–Kier alpha value is -4.09. The predicted octanol–water partition coefficient (Wildman–Crippen LogP) is 4.77. The molecule has 0 aliphatic rings. The van der Waals surface area contributed by atoms with Gasteiger partial charge in [-0.05, 0) is 24.3 Å². The zero-order valence-electron chi connectivity index (χ0n) is 16.2. The summed E-state index contributed by atoms with van der Waals surface area (Å²) in [6.45, 7) is -0.450. The summed E-state index contributed by atoms with van der Waals surface area (Å²) >= 11 is 0. The predicted molar refractivity (Wildman–Crippen MR) is 102 cm³/mol. The second kappa shape index (κ2) is 8.11. The fraction of sp³-hybridized carbons (Fsp3) is 0.0952. The van der Waals surface area contributed by atoms with Crippen molar-refractivity contribution in [3.63, 3.8) is 0 Å². The van der Waals surface area contributed by atoms with Gasteiger partial charge < -0.3 is 14.4 Å². The second-order valence-electron chi connectivity index (χ2n) is 6.81. The van der Waals surface area contributed by atoms with E-state index in [4.69, 9.17) is 4.74 Å². The molecule has 0 atom stereocenters. The lowest BCUT2D eigenvalue weighted by atomic mass is 10.1. The topological polar surface area (TPSA) is 77.2 Å². The molecule has 0 fully saturated rings. The molecule has 0 amide bonds. The maximum atomic E-state index is 14.0. The number of aromatic nitrogens is 3. The van der Waals surface area contributed by atoms with Crippen LogP contribution in [0.5, 0.6) is 17.4 Å². The molecule has 2 heterocycles.